The van der Waals surface area contributed by atoms with Crippen LogP contribution in [0.2, 0.25) is 0 Å². The fourth-order valence-corrected chi connectivity index (χ4v) is 2.13. The minimum absolute atomic E-state index is 0.167. The standard InChI is InChI=1S/C13H19N3O2/c1-13(2,3)7-16(4)10-6-9-11(5-8(10)14)18-12(17)15-9/h5-6H,7,14H2,1-4H3,(H,15,17). The van der Waals surface area contributed by atoms with Gasteiger partial charge >= 0.3 is 5.76 Å². The van der Waals surface area contributed by atoms with Gasteiger partial charge in [-0.1, -0.05) is 20.8 Å². The Morgan fingerprint density at radius 3 is 2.67 bits per heavy atom. The lowest BCUT2D eigenvalue weighted by Gasteiger charge is -2.29. The fourth-order valence-electron chi connectivity index (χ4n) is 2.13. The van der Waals surface area contributed by atoms with Crippen molar-refractivity contribution >= 4 is 22.5 Å². The van der Waals surface area contributed by atoms with E-state index in [0.29, 0.717) is 16.8 Å². The molecule has 3 N–H and O–H groups in total. The second kappa shape index (κ2) is 4.08. The number of hydrogen-bond acceptors (Lipinski definition) is 4. The van der Waals surface area contributed by atoms with Crippen LogP contribution in [0.4, 0.5) is 11.4 Å². The number of anilines is 2. The van der Waals surface area contributed by atoms with E-state index in [9.17, 15) is 4.79 Å². The summed E-state index contributed by atoms with van der Waals surface area (Å²) in [6, 6.07) is 3.53. The molecule has 98 valence electrons. The second-order valence-corrected chi connectivity index (χ2v) is 5.84. The van der Waals surface area contributed by atoms with Crippen LogP contribution in [0.3, 0.4) is 0 Å². The van der Waals surface area contributed by atoms with E-state index in [1.165, 1.54) is 0 Å². The molecule has 0 radical (unpaired) electrons. The molecule has 0 amide bonds. The first kappa shape index (κ1) is 12.5. The number of rotatable bonds is 2. The van der Waals surface area contributed by atoms with Crippen LogP contribution >= 0.6 is 0 Å². The summed E-state index contributed by atoms with van der Waals surface area (Å²) in [6.45, 7) is 7.36. The van der Waals surface area contributed by atoms with Crippen molar-refractivity contribution in [2.75, 3.05) is 24.2 Å². The maximum Gasteiger partial charge on any atom is 0.417 e. The van der Waals surface area contributed by atoms with Crippen molar-refractivity contribution in [3.8, 4) is 0 Å². The Bertz CT molecular complexity index is 619. The number of nitrogen functional groups attached to an aromatic ring is 1. The van der Waals surface area contributed by atoms with Gasteiger partial charge in [0, 0.05) is 19.7 Å². The lowest BCUT2D eigenvalue weighted by molar-refractivity contribution is 0.419. The molecule has 5 heteroatoms. The van der Waals surface area contributed by atoms with Gasteiger partial charge in [0.05, 0.1) is 16.9 Å². The predicted octanol–water partition coefficient (Wildman–Crippen LogP) is 2.19. The Morgan fingerprint density at radius 2 is 2.06 bits per heavy atom. The van der Waals surface area contributed by atoms with Crippen molar-refractivity contribution in [1.29, 1.82) is 0 Å². The van der Waals surface area contributed by atoms with Crippen molar-refractivity contribution < 1.29 is 4.42 Å². The quantitative estimate of drug-likeness (QED) is 0.800. The van der Waals surface area contributed by atoms with Crippen molar-refractivity contribution in [1.82, 2.24) is 4.98 Å². The van der Waals surface area contributed by atoms with Gasteiger partial charge in [0.1, 0.15) is 0 Å². The number of H-pyrrole nitrogens is 1. The van der Waals surface area contributed by atoms with Crippen LogP contribution in [-0.2, 0) is 0 Å². The lowest BCUT2D eigenvalue weighted by atomic mass is 9.96. The van der Waals surface area contributed by atoms with E-state index in [4.69, 9.17) is 10.2 Å². The lowest BCUT2D eigenvalue weighted by Crippen LogP contribution is -2.29. The molecule has 2 aromatic rings. The molecule has 1 aromatic carbocycles. The maximum atomic E-state index is 11.1. The zero-order chi connectivity index (χ0) is 13.5. The molecule has 0 atom stereocenters. The Labute approximate surface area is 106 Å². The molecule has 0 fully saturated rings. The van der Waals surface area contributed by atoms with Crippen molar-refractivity contribution in [2.45, 2.75) is 20.8 Å². The van der Waals surface area contributed by atoms with Crippen LogP contribution in [0.15, 0.2) is 21.3 Å². The van der Waals surface area contributed by atoms with Crippen LogP contribution in [0.1, 0.15) is 20.8 Å². The van der Waals surface area contributed by atoms with Crippen molar-refractivity contribution in [3.63, 3.8) is 0 Å². The number of nitrogens with zero attached hydrogens (tertiary/aromatic N) is 1. The monoisotopic (exact) mass is 249 g/mol. The van der Waals surface area contributed by atoms with Gasteiger partial charge in [-0.2, -0.15) is 0 Å². The Morgan fingerprint density at radius 1 is 1.39 bits per heavy atom. The smallest absolute Gasteiger partial charge is 0.408 e. The summed E-state index contributed by atoms with van der Waals surface area (Å²) in [6.07, 6.45) is 0. The molecule has 0 spiro atoms. The van der Waals surface area contributed by atoms with E-state index in [0.717, 1.165) is 12.2 Å². The van der Waals surface area contributed by atoms with E-state index in [-0.39, 0.29) is 5.41 Å². The zero-order valence-electron chi connectivity index (χ0n) is 11.2. The summed E-state index contributed by atoms with van der Waals surface area (Å²) in [5.74, 6) is -0.458. The van der Waals surface area contributed by atoms with Crippen LogP contribution < -0.4 is 16.4 Å². The minimum atomic E-state index is -0.458. The van der Waals surface area contributed by atoms with Gasteiger partial charge in [0.2, 0.25) is 0 Å². The van der Waals surface area contributed by atoms with Gasteiger partial charge in [0.25, 0.3) is 0 Å². The highest BCUT2D eigenvalue weighted by Gasteiger charge is 2.16. The summed E-state index contributed by atoms with van der Waals surface area (Å²) in [4.78, 5) is 15.9. The molecular weight excluding hydrogens is 230 g/mol. The minimum Gasteiger partial charge on any atom is -0.408 e. The van der Waals surface area contributed by atoms with Gasteiger partial charge in [-0.25, -0.2) is 4.79 Å². The molecule has 2 rings (SSSR count). The second-order valence-electron chi connectivity index (χ2n) is 5.84. The molecule has 0 aliphatic heterocycles. The summed E-state index contributed by atoms with van der Waals surface area (Å²) in [5, 5.41) is 0. The number of fused-ring (bicyclic) bond motifs is 1. The normalized spacial score (nSPS) is 12.0. The highest BCUT2D eigenvalue weighted by Crippen LogP contribution is 2.29. The average Bonchev–Trinajstić information content (AvgIpc) is 2.53. The molecule has 1 aromatic heterocycles. The summed E-state index contributed by atoms with van der Waals surface area (Å²) < 4.78 is 4.97. The van der Waals surface area contributed by atoms with Gasteiger partial charge in [0.15, 0.2) is 5.58 Å². The van der Waals surface area contributed by atoms with Gasteiger partial charge < -0.3 is 15.1 Å². The van der Waals surface area contributed by atoms with Crippen LogP contribution in [0.5, 0.6) is 0 Å². The molecule has 1 heterocycles. The Kier molecular flexibility index (Phi) is 2.84. The van der Waals surface area contributed by atoms with Crippen LogP contribution in [-0.4, -0.2) is 18.6 Å². The van der Waals surface area contributed by atoms with Gasteiger partial charge in [-0.05, 0) is 11.5 Å². The highest BCUT2D eigenvalue weighted by atomic mass is 16.4. The van der Waals surface area contributed by atoms with E-state index in [2.05, 4.69) is 30.7 Å². The third kappa shape index (κ3) is 2.50. The summed E-state index contributed by atoms with van der Waals surface area (Å²) in [5.41, 5.74) is 8.83. The van der Waals surface area contributed by atoms with Crippen molar-refractivity contribution in [3.05, 3.63) is 22.7 Å². The Balaban J connectivity index is 2.44. The molecule has 0 unspecified atom stereocenters. The third-order valence-electron chi connectivity index (χ3n) is 2.69. The number of aromatic amines is 1. The third-order valence-corrected chi connectivity index (χ3v) is 2.69. The number of aromatic nitrogens is 1. The number of nitrogens with two attached hydrogens (primary N) is 1. The molecule has 0 saturated heterocycles. The average molecular weight is 249 g/mol. The largest absolute Gasteiger partial charge is 0.417 e. The number of oxazole rings is 1. The molecule has 0 bridgehead atoms. The number of hydrogen-bond donors (Lipinski definition) is 2. The van der Waals surface area contributed by atoms with E-state index in [1.807, 2.05) is 13.1 Å². The number of nitrogens with one attached hydrogen (secondary N) is 1. The first-order valence-corrected chi connectivity index (χ1v) is 5.90. The highest BCUT2D eigenvalue weighted by molar-refractivity contribution is 5.85. The summed E-state index contributed by atoms with van der Waals surface area (Å²) >= 11 is 0. The van der Waals surface area contributed by atoms with Crippen LogP contribution in [0.25, 0.3) is 11.1 Å². The first-order valence-electron chi connectivity index (χ1n) is 5.90. The van der Waals surface area contributed by atoms with Crippen LogP contribution in [0, 0.1) is 5.41 Å². The first-order chi connectivity index (χ1) is 8.26. The van der Waals surface area contributed by atoms with Gasteiger partial charge in [-0.3, -0.25) is 4.98 Å². The maximum absolute atomic E-state index is 11.1. The molecule has 5 nitrogen and oxygen atoms in total. The fraction of sp³-hybridized carbons (Fsp3) is 0.462. The van der Waals surface area contributed by atoms with E-state index >= 15 is 0 Å². The summed E-state index contributed by atoms with van der Waals surface area (Å²) in [7, 11) is 1.99. The molecular formula is C13H19N3O2. The molecule has 0 aliphatic carbocycles. The van der Waals surface area contributed by atoms with E-state index in [1.54, 1.807) is 6.07 Å². The molecule has 0 aliphatic rings. The predicted molar refractivity (Wildman–Crippen MR) is 74.0 cm³/mol. The van der Waals surface area contributed by atoms with E-state index < -0.39 is 5.76 Å². The number of benzene rings is 1. The SMILES string of the molecule is CN(CC(C)(C)C)c1cc2[nH]c(=O)oc2cc1N. The topological polar surface area (TPSA) is 75.3 Å². The zero-order valence-corrected chi connectivity index (χ0v) is 11.2. The van der Waals surface area contributed by atoms with Gasteiger partial charge in [-0.15, -0.1) is 0 Å². The molecule has 0 saturated carbocycles. The van der Waals surface area contributed by atoms with Crippen molar-refractivity contribution in [2.24, 2.45) is 5.41 Å². The Hall–Kier alpha value is -1.91. The molecule has 18 heavy (non-hydrogen) atoms.